The molecule has 55 heavy (non-hydrogen) atoms. The van der Waals surface area contributed by atoms with Gasteiger partial charge >= 0.3 is 0 Å². The van der Waals surface area contributed by atoms with Gasteiger partial charge in [-0.3, -0.25) is 0 Å². The molecule has 4 nitrogen and oxygen atoms in total. The van der Waals surface area contributed by atoms with Gasteiger partial charge in [-0.25, -0.2) is 15.0 Å². The minimum absolute atomic E-state index is 0.688. The van der Waals surface area contributed by atoms with Crippen LogP contribution in [-0.2, 0) is 0 Å². The second-order valence-corrected chi connectivity index (χ2v) is 13.6. The van der Waals surface area contributed by atoms with Crippen molar-refractivity contribution < 1.29 is 0 Å². The molecule has 0 saturated heterocycles. The summed E-state index contributed by atoms with van der Waals surface area (Å²) in [5.41, 5.74) is 11.0. The maximum Gasteiger partial charge on any atom is 0.160 e. The molecule has 258 valence electrons. The zero-order valence-corrected chi connectivity index (χ0v) is 29.9. The van der Waals surface area contributed by atoms with E-state index >= 15 is 0 Å². The molecule has 0 atom stereocenters. The maximum atomic E-state index is 5.44. The summed E-state index contributed by atoms with van der Waals surface area (Å²) >= 11 is 0. The molecule has 0 unspecified atom stereocenters. The first-order valence-electron chi connectivity index (χ1n) is 18.5. The summed E-state index contributed by atoms with van der Waals surface area (Å²) in [5.74, 6) is 0.688. The number of aromatic nitrogens is 3. The molecule has 2 aromatic heterocycles. The third kappa shape index (κ3) is 5.96. The Morgan fingerprint density at radius 1 is 0.327 bits per heavy atom. The highest BCUT2D eigenvalue weighted by atomic mass is 15.1. The van der Waals surface area contributed by atoms with Crippen LogP contribution in [0.4, 0.5) is 17.1 Å². The molecule has 8 aromatic carbocycles. The van der Waals surface area contributed by atoms with Crippen LogP contribution in [0.2, 0.25) is 0 Å². The topological polar surface area (TPSA) is 41.9 Å². The summed E-state index contributed by atoms with van der Waals surface area (Å²) in [4.78, 5) is 18.1. The molecule has 2 heterocycles. The minimum atomic E-state index is 0.688. The van der Waals surface area contributed by atoms with Gasteiger partial charge in [-0.05, 0) is 65.4 Å². The molecule has 0 aliphatic carbocycles. The Bertz CT molecular complexity index is 2850. The van der Waals surface area contributed by atoms with Crippen molar-refractivity contribution in [3.63, 3.8) is 0 Å². The molecule has 0 radical (unpaired) electrons. The second-order valence-electron chi connectivity index (χ2n) is 13.6. The summed E-state index contributed by atoms with van der Waals surface area (Å²) in [6.07, 6.45) is 0. The molecule has 0 aliphatic rings. The van der Waals surface area contributed by atoms with Crippen molar-refractivity contribution in [3.8, 4) is 45.2 Å². The summed E-state index contributed by atoms with van der Waals surface area (Å²) < 4.78 is 0. The van der Waals surface area contributed by atoms with Crippen molar-refractivity contribution in [3.05, 3.63) is 206 Å². The van der Waals surface area contributed by atoms with E-state index in [2.05, 4.69) is 187 Å². The van der Waals surface area contributed by atoms with Crippen molar-refractivity contribution in [1.82, 2.24) is 15.0 Å². The fourth-order valence-corrected chi connectivity index (χ4v) is 7.68. The molecular weight excluding hydrogens is 669 g/mol. The predicted molar refractivity (Wildman–Crippen MR) is 229 cm³/mol. The zero-order chi connectivity index (χ0) is 36.6. The number of hydrogen-bond donors (Lipinski definition) is 0. The Morgan fingerprint density at radius 3 is 1.49 bits per heavy atom. The van der Waals surface area contributed by atoms with Gasteiger partial charge in [0.2, 0.25) is 0 Å². The first kappa shape index (κ1) is 32.2. The molecule has 4 heteroatoms. The summed E-state index contributed by atoms with van der Waals surface area (Å²) in [5, 5.41) is 5.57. The number of hydrogen-bond acceptors (Lipinski definition) is 4. The van der Waals surface area contributed by atoms with Gasteiger partial charge in [0.05, 0.1) is 22.6 Å². The quantitative estimate of drug-likeness (QED) is 0.155. The Morgan fingerprint density at radius 2 is 0.855 bits per heavy atom. The van der Waals surface area contributed by atoms with Crippen LogP contribution < -0.4 is 4.90 Å². The monoisotopic (exact) mass is 702 g/mol. The predicted octanol–water partition coefficient (Wildman–Crippen LogP) is 13.5. The van der Waals surface area contributed by atoms with Crippen molar-refractivity contribution >= 4 is 49.5 Å². The first-order valence-corrected chi connectivity index (χ1v) is 18.5. The molecule has 0 fully saturated rings. The number of fused-ring (bicyclic) bond motifs is 5. The lowest BCUT2D eigenvalue weighted by molar-refractivity contribution is 1.19. The SMILES string of the molecule is c1ccc(-c2cc(-c3cc4c(-c5ccccc5)nc5ccc(N(c6ccccc6)c6ccccc6)cc5c4c4ccccc34)nc(-c3ccccc3)n2)cc1. The molecular formula is C51H34N4. The van der Waals surface area contributed by atoms with Crippen LogP contribution in [0.3, 0.4) is 0 Å². The van der Waals surface area contributed by atoms with Crippen molar-refractivity contribution in [2.75, 3.05) is 4.90 Å². The smallest absolute Gasteiger partial charge is 0.160 e. The van der Waals surface area contributed by atoms with Crippen LogP contribution in [0.1, 0.15) is 0 Å². The Kier molecular flexibility index (Phi) is 8.12. The van der Waals surface area contributed by atoms with Gasteiger partial charge in [0.1, 0.15) is 0 Å². The third-order valence-corrected chi connectivity index (χ3v) is 10.2. The maximum absolute atomic E-state index is 5.44. The van der Waals surface area contributed by atoms with Crippen LogP contribution in [0.25, 0.3) is 77.6 Å². The van der Waals surface area contributed by atoms with Crippen LogP contribution in [0, 0.1) is 0 Å². The van der Waals surface area contributed by atoms with Crippen molar-refractivity contribution in [2.24, 2.45) is 0 Å². The number of anilines is 3. The van der Waals surface area contributed by atoms with E-state index in [0.717, 1.165) is 88.8 Å². The summed E-state index contributed by atoms with van der Waals surface area (Å²) in [6, 6.07) is 72.0. The van der Waals surface area contributed by atoms with E-state index in [4.69, 9.17) is 15.0 Å². The molecule has 0 amide bonds. The molecule has 0 saturated carbocycles. The lowest BCUT2D eigenvalue weighted by Gasteiger charge is -2.26. The van der Waals surface area contributed by atoms with Gasteiger partial charge in [-0.2, -0.15) is 0 Å². The highest BCUT2D eigenvalue weighted by Gasteiger charge is 2.20. The lowest BCUT2D eigenvalue weighted by Crippen LogP contribution is -2.09. The number of para-hydroxylation sites is 2. The number of rotatable bonds is 7. The molecule has 0 aliphatic heterocycles. The van der Waals surface area contributed by atoms with Gasteiger partial charge < -0.3 is 4.90 Å². The molecule has 10 aromatic rings. The fraction of sp³-hybridized carbons (Fsp3) is 0. The van der Waals surface area contributed by atoms with Gasteiger partial charge in [-0.15, -0.1) is 0 Å². The highest BCUT2D eigenvalue weighted by Crippen LogP contribution is 2.44. The average molecular weight is 703 g/mol. The Hall–Kier alpha value is -7.43. The van der Waals surface area contributed by atoms with E-state index in [1.807, 2.05) is 24.3 Å². The van der Waals surface area contributed by atoms with Crippen molar-refractivity contribution in [2.45, 2.75) is 0 Å². The summed E-state index contributed by atoms with van der Waals surface area (Å²) in [6.45, 7) is 0. The number of pyridine rings is 1. The van der Waals surface area contributed by atoms with E-state index in [9.17, 15) is 0 Å². The van der Waals surface area contributed by atoms with E-state index in [1.54, 1.807) is 0 Å². The van der Waals surface area contributed by atoms with Crippen LogP contribution in [0.15, 0.2) is 206 Å². The number of nitrogens with zero attached hydrogens (tertiary/aromatic N) is 4. The average Bonchev–Trinajstić information content (AvgIpc) is 3.27. The van der Waals surface area contributed by atoms with Crippen LogP contribution in [0.5, 0.6) is 0 Å². The van der Waals surface area contributed by atoms with Gasteiger partial charge in [0, 0.05) is 55.5 Å². The van der Waals surface area contributed by atoms with Crippen molar-refractivity contribution in [1.29, 1.82) is 0 Å². The summed E-state index contributed by atoms with van der Waals surface area (Å²) in [7, 11) is 0. The lowest BCUT2D eigenvalue weighted by atomic mass is 9.90. The molecule has 0 N–H and O–H groups in total. The molecule has 10 rings (SSSR count). The van der Waals surface area contributed by atoms with Gasteiger partial charge in [0.25, 0.3) is 0 Å². The standard InChI is InChI=1S/C51H34N4/c1-6-18-35(19-7-1)47-34-48(54-51(53-47)37-22-10-3-11-23-37)43-33-45-49(42-29-17-16-28-41(42)43)44-32-40(30-31-46(44)52-50(45)36-20-8-2-9-21-36)55(38-24-12-4-13-25-38)39-26-14-5-15-27-39/h1-34H. The normalized spacial score (nSPS) is 11.3. The number of benzene rings is 8. The highest BCUT2D eigenvalue weighted by molar-refractivity contribution is 6.25. The van der Waals surface area contributed by atoms with Crippen LogP contribution in [-0.4, -0.2) is 15.0 Å². The van der Waals surface area contributed by atoms with E-state index in [1.165, 1.54) is 0 Å². The van der Waals surface area contributed by atoms with Gasteiger partial charge in [-0.1, -0.05) is 152 Å². The fourth-order valence-electron chi connectivity index (χ4n) is 7.68. The first-order chi connectivity index (χ1) is 27.3. The third-order valence-electron chi connectivity index (χ3n) is 10.2. The molecule has 0 bridgehead atoms. The molecule has 0 spiro atoms. The second kappa shape index (κ2) is 13.8. The minimum Gasteiger partial charge on any atom is -0.310 e. The van der Waals surface area contributed by atoms with Gasteiger partial charge in [0.15, 0.2) is 5.82 Å². The van der Waals surface area contributed by atoms with E-state index in [-0.39, 0.29) is 0 Å². The Labute approximate surface area is 319 Å². The zero-order valence-electron chi connectivity index (χ0n) is 29.9. The largest absolute Gasteiger partial charge is 0.310 e. The van der Waals surface area contributed by atoms with E-state index < -0.39 is 0 Å². The van der Waals surface area contributed by atoms with E-state index in [0.29, 0.717) is 5.82 Å². The Balaban J connectivity index is 1.29. The van der Waals surface area contributed by atoms with Crippen LogP contribution >= 0.6 is 0 Å².